The number of hydrogen-bond donors (Lipinski definition) is 0. The van der Waals surface area contributed by atoms with Crippen LogP contribution in [-0.4, -0.2) is 16.3 Å². The fourth-order valence-corrected chi connectivity index (χ4v) is 2.57. The van der Waals surface area contributed by atoms with E-state index < -0.39 is 0 Å². The standard InChI is InChI=1S/C15H14N2O/c18-10-14-7-8-16-15(17-14)13-6-5-11-3-1-2-4-12(11)9-13/h1-4,7-8,10,13H,5-6,9H2. The van der Waals surface area contributed by atoms with Crippen LogP contribution in [0.15, 0.2) is 36.5 Å². The first-order valence-corrected chi connectivity index (χ1v) is 6.22. The molecule has 0 spiro atoms. The van der Waals surface area contributed by atoms with Gasteiger partial charge in [0, 0.05) is 12.1 Å². The number of aldehydes is 1. The van der Waals surface area contributed by atoms with E-state index in [1.807, 2.05) is 0 Å². The van der Waals surface area contributed by atoms with Crippen molar-refractivity contribution < 1.29 is 4.79 Å². The zero-order valence-electron chi connectivity index (χ0n) is 10.0. The fraction of sp³-hybridized carbons (Fsp3) is 0.267. The van der Waals surface area contributed by atoms with Crippen LogP contribution in [0.5, 0.6) is 0 Å². The summed E-state index contributed by atoms with van der Waals surface area (Å²) >= 11 is 0. The molecule has 0 bridgehead atoms. The van der Waals surface area contributed by atoms with Crippen molar-refractivity contribution in [1.82, 2.24) is 9.97 Å². The minimum atomic E-state index is 0.333. The maximum Gasteiger partial charge on any atom is 0.168 e. The second-order valence-electron chi connectivity index (χ2n) is 4.67. The highest BCUT2D eigenvalue weighted by Crippen LogP contribution is 2.30. The highest BCUT2D eigenvalue weighted by atomic mass is 16.1. The van der Waals surface area contributed by atoms with E-state index in [9.17, 15) is 4.79 Å². The Labute approximate surface area is 106 Å². The van der Waals surface area contributed by atoms with Crippen LogP contribution in [0.3, 0.4) is 0 Å². The number of rotatable bonds is 2. The van der Waals surface area contributed by atoms with E-state index >= 15 is 0 Å². The molecule has 0 N–H and O–H groups in total. The molecule has 0 saturated carbocycles. The van der Waals surface area contributed by atoms with Gasteiger partial charge < -0.3 is 0 Å². The predicted octanol–water partition coefficient (Wildman–Crippen LogP) is 2.56. The highest BCUT2D eigenvalue weighted by Gasteiger charge is 2.21. The molecule has 0 radical (unpaired) electrons. The smallest absolute Gasteiger partial charge is 0.168 e. The van der Waals surface area contributed by atoms with Gasteiger partial charge in [-0.25, -0.2) is 9.97 Å². The van der Waals surface area contributed by atoms with E-state index in [1.54, 1.807) is 12.3 Å². The Morgan fingerprint density at radius 1 is 1.17 bits per heavy atom. The molecular weight excluding hydrogens is 224 g/mol. The van der Waals surface area contributed by atoms with E-state index in [1.165, 1.54) is 11.1 Å². The summed E-state index contributed by atoms with van der Waals surface area (Å²) < 4.78 is 0. The van der Waals surface area contributed by atoms with Crippen molar-refractivity contribution in [2.75, 3.05) is 0 Å². The largest absolute Gasteiger partial charge is 0.296 e. The molecule has 0 aliphatic heterocycles. The lowest BCUT2D eigenvalue weighted by molar-refractivity contribution is 0.111. The molecular formula is C15H14N2O. The van der Waals surface area contributed by atoms with Gasteiger partial charge >= 0.3 is 0 Å². The number of fused-ring (bicyclic) bond motifs is 1. The third-order valence-electron chi connectivity index (χ3n) is 3.53. The summed E-state index contributed by atoms with van der Waals surface area (Å²) in [6, 6.07) is 10.2. The Bertz CT molecular complexity index is 580. The first kappa shape index (κ1) is 11.1. The van der Waals surface area contributed by atoms with Crippen LogP contribution in [0.25, 0.3) is 0 Å². The topological polar surface area (TPSA) is 42.9 Å². The third-order valence-corrected chi connectivity index (χ3v) is 3.53. The number of nitrogens with zero attached hydrogens (tertiary/aromatic N) is 2. The molecule has 0 amide bonds. The second-order valence-corrected chi connectivity index (χ2v) is 4.67. The minimum absolute atomic E-state index is 0.333. The van der Waals surface area contributed by atoms with Gasteiger partial charge in [-0.15, -0.1) is 0 Å². The maximum absolute atomic E-state index is 10.7. The lowest BCUT2D eigenvalue weighted by Crippen LogP contribution is -2.15. The SMILES string of the molecule is O=Cc1ccnc(C2CCc3ccccc3C2)n1. The van der Waals surface area contributed by atoms with Crippen LogP contribution in [0, 0.1) is 0 Å². The van der Waals surface area contributed by atoms with Crippen molar-refractivity contribution in [1.29, 1.82) is 0 Å². The predicted molar refractivity (Wildman–Crippen MR) is 68.6 cm³/mol. The van der Waals surface area contributed by atoms with Crippen molar-refractivity contribution in [3.05, 3.63) is 59.2 Å². The van der Waals surface area contributed by atoms with Gasteiger partial charge in [0.05, 0.1) is 0 Å². The monoisotopic (exact) mass is 238 g/mol. The Kier molecular flexibility index (Phi) is 2.89. The summed E-state index contributed by atoms with van der Waals surface area (Å²) in [5, 5.41) is 0. The van der Waals surface area contributed by atoms with Crippen molar-refractivity contribution >= 4 is 6.29 Å². The lowest BCUT2D eigenvalue weighted by atomic mass is 9.83. The van der Waals surface area contributed by atoms with E-state index in [0.717, 1.165) is 31.4 Å². The van der Waals surface area contributed by atoms with E-state index in [-0.39, 0.29) is 0 Å². The van der Waals surface area contributed by atoms with Gasteiger partial charge in [-0.1, -0.05) is 24.3 Å². The third kappa shape index (κ3) is 2.04. The molecule has 0 fully saturated rings. The van der Waals surface area contributed by atoms with Crippen LogP contribution in [0.1, 0.15) is 39.8 Å². The summed E-state index contributed by atoms with van der Waals surface area (Å²) in [4.78, 5) is 19.4. The molecule has 2 aromatic rings. The van der Waals surface area contributed by atoms with E-state index in [2.05, 4.69) is 34.2 Å². The van der Waals surface area contributed by atoms with Crippen molar-refractivity contribution in [2.24, 2.45) is 0 Å². The highest BCUT2D eigenvalue weighted by molar-refractivity contribution is 5.71. The molecule has 18 heavy (non-hydrogen) atoms. The lowest BCUT2D eigenvalue weighted by Gasteiger charge is -2.23. The Morgan fingerprint density at radius 2 is 2.00 bits per heavy atom. The van der Waals surface area contributed by atoms with Crippen LogP contribution in [-0.2, 0) is 12.8 Å². The molecule has 1 heterocycles. The van der Waals surface area contributed by atoms with Gasteiger partial charge in [0.1, 0.15) is 11.5 Å². The fourth-order valence-electron chi connectivity index (χ4n) is 2.57. The quantitative estimate of drug-likeness (QED) is 0.755. The average molecular weight is 238 g/mol. The van der Waals surface area contributed by atoms with Crippen molar-refractivity contribution in [3.63, 3.8) is 0 Å². The molecule has 3 nitrogen and oxygen atoms in total. The molecule has 1 aliphatic rings. The van der Waals surface area contributed by atoms with Gasteiger partial charge in [0.15, 0.2) is 6.29 Å². The van der Waals surface area contributed by atoms with Crippen molar-refractivity contribution in [2.45, 2.75) is 25.2 Å². The summed E-state index contributed by atoms with van der Waals surface area (Å²) in [6.45, 7) is 0. The first-order valence-electron chi connectivity index (χ1n) is 6.22. The molecule has 1 aromatic carbocycles. The van der Waals surface area contributed by atoms with Crippen LogP contribution < -0.4 is 0 Å². The summed E-state index contributed by atoms with van der Waals surface area (Å²) in [7, 11) is 0. The van der Waals surface area contributed by atoms with Gasteiger partial charge in [0.25, 0.3) is 0 Å². The number of hydrogen-bond acceptors (Lipinski definition) is 3. The molecule has 0 saturated heterocycles. The molecule has 1 unspecified atom stereocenters. The Hall–Kier alpha value is -2.03. The molecule has 1 atom stereocenters. The average Bonchev–Trinajstić information content (AvgIpc) is 2.47. The second kappa shape index (κ2) is 4.69. The van der Waals surface area contributed by atoms with E-state index in [0.29, 0.717) is 11.6 Å². The number of benzene rings is 1. The summed E-state index contributed by atoms with van der Waals surface area (Å²) in [6.07, 6.45) is 5.54. The maximum atomic E-state index is 10.7. The van der Waals surface area contributed by atoms with Crippen LogP contribution in [0.2, 0.25) is 0 Å². The van der Waals surface area contributed by atoms with Gasteiger partial charge in [0.2, 0.25) is 0 Å². The van der Waals surface area contributed by atoms with Crippen LogP contribution in [0.4, 0.5) is 0 Å². The number of carbonyl (C=O) groups is 1. The first-order chi connectivity index (χ1) is 8.86. The molecule has 90 valence electrons. The van der Waals surface area contributed by atoms with Crippen molar-refractivity contribution in [3.8, 4) is 0 Å². The normalized spacial score (nSPS) is 18.1. The van der Waals surface area contributed by atoms with Gasteiger partial charge in [-0.2, -0.15) is 0 Å². The van der Waals surface area contributed by atoms with Gasteiger partial charge in [-0.3, -0.25) is 4.79 Å². The van der Waals surface area contributed by atoms with Gasteiger partial charge in [-0.05, 0) is 36.5 Å². The minimum Gasteiger partial charge on any atom is -0.296 e. The molecule has 3 rings (SSSR count). The molecule has 1 aromatic heterocycles. The number of aromatic nitrogens is 2. The van der Waals surface area contributed by atoms with E-state index in [4.69, 9.17) is 0 Å². The molecule has 1 aliphatic carbocycles. The zero-order valence-corrected chi connectivity index (χ0v) is 10.0. The Morgan fingerprint density at radius 3 is 2.83 bits per heavy atom. The Balaban J connectivity index is 1.89. The number of aryl methyl sites for hydroxylation is 1. The zero-order chi connectivity index (χ0) is 12.4. The molecule has 3 heteroatoms. The summed E-state index contributed by atoms with van der Waals surface area (Å²) in [5.74, 6) is 1.13. The summed E-state index contributed by atoms with van der Waals surface area (Å²) in [5.41, 5.74) is 3.29. The number of carbonyl (C=O) groups excluding carboxylic acids is 1. The van der Waals surface area contributed by atoms with Crippen LogP contribution >= 0.6 is 0 Å².